The van der Waals surface area contributed by atoms with Crippen molar-refractivity contribution >= 4 is 23.1 Å². The average molecular weight is 337 g/mol. The van der Waals surface area contributed by atoms with Crippen molar-refractivity contribution in [2.45, 2.75) is 18.9 Å². The van der Waals surface area contributed by atoms with E-state index in [4.69, 9.17) is 5.73 Å². The van der Waals surface area contributed by atoms with Gasteiger partial charge in [0.1, 0.15) is 11.6 Å². The molecule has 1 aliphatic heterocycles. The molecular formula is C16H17F2N3OS. The van der Waals surface area contributed by atoms with Gasteiger partial charge in [-0.05, 0) is 43.1 Å². The van der Waals surface area contributed by atoms with Gasteiger partial charge in [0.05, 0.1) is 11.7 Å². The molecule has 0 bridgehead atoms. The van der Waals surface area contributed by atoms with E-state index < -0.39 is 17.7 Å². The topological polar surface area (TPSA) is 58.4 Å². The van der Waals surface area contributed by atoms with Gasteiger partial charge >= 0.3 is 6.03 Å². The summed E-state index contributed by atoms with van der Waals surface area (Å²) >= 11 is 1.33. The molecule has 0 radical (unpaired) electrons. The second-order valence-corrected chi connectivity index (χ2v) is 6.45. The van der Waals surface area contributed by atoms with Crippen LogP contribution in [0.1, 0.15) is 12.8 Å². The lowest BCUT2D eigenvalue weighted by atomic mass is 10.1. The summed E-state index contributed by atoms with van der Waals surface area (Å²) in [6.45, 7) is 1.61. The fraction of sp³-hybridized carbons (Fsp3) is 0.312. The summed E-state index contributed by atoms with van der Waals surface area (Å²) in [5, 5.41) is 5.04. The summed E-state index contributed by atoms with van der Waals surface area (Å²) in [5.41, 5.74) is 6.65. The molecule has 0 aliphatic carbocycles. The number of carbonyl (C=O) groups is 1. The van der Waals surface area contributed by atoms with E-state index >= 15 is 0 Å². The Bertz CT molecular complexity index is 693. The number of anilines is 1. The molecule has 1 saturated heterocycles. The molecule has 2 amide bonds. The Hall–Kier alpha value is -1.99. The molecule has 1 aromatic carbocycles. The van der Waals surface area contributed by atoms with Gasteiger partial charge in [0.25, 0.3) is 0 Å². The molecule has 7 heteroatoms. The van der Waals surface area contributed by atoms with Crippen LogP contribution in [0.15, 0.2) is 29.6 Å². The van der Waals surface area contributed by atoms with Gasteiger partial charge in [-0.15, -0.1) is 11.3 Å². The molecule has 3 rings (SSSR count). The molecule has 2 heterocycles. The van der Waals surface area contributed by atoms with E-state index in [-0.39, 0.29) is 6.04 Å². The lowest BCUT2D eigenvalue weighted by Gasteiger charge is -2.32. The van der Waals surface area contributed by atoms with Crippen LogP contribution in [0.2, 0.25) is 0 Å². The highest BCUT2D eigenvalue weighted by Crippen LogP contribution is 2.34. The number of rotatable bonds is 3. The van der Waals surface area contributed by atoms with Crippen LogP contribution >= 0.6 is 11.3 Å². The molecule has 0 unspecified atom stereocenters. The zero-order chi connectivity index (χ0) is 16.4. The quantitative estimate of drug-likeness (QED) is 0.902. The SMILES string of the molecule is NC(=O)N(c1csc(-c2cc(F)cc(F)c2)c1)[C@@H]1CCCNC1. The van der Waals surface area contributed by atoms with Crippen LogP contribution in [0.3, 0.4) is 0 Å². The minimum atomic E-state index is -0.627. The molecule has 1 aromatic heterocycles. The molecule has 1 fully saturated rings. The van der Waals surface area contributed by atoms with Gasteiger partial charge in [-0.1, -0.05) is 0 Å². The third kappa shape index (κ3) is 3.51. The number of nitrogens with one attached hydrogen (secondary N) is 1. The summed E-state index contributed by atoms with van der Waals surface area (Å²) in [6.07, 6.45) is 1.84. The third-order valence-corrected chi connectivity index (χ3v) is 4.85. The van der Waals surface area contributed by atoms with E-state index in [0.717, 1.165) is 25.5 Å². The highest BCUT2D eigenvalue weighted by molar-refractivity contribution is 7.14. The maximum absolute atomic E-state index is 13.4. The van der Waals surface area contributed by atoms with Crippen molar-refractivity contribution in [2.75, 3.05) is 18.0 Å². The fourth-order valence-electron chi connectivity index (χ4n) is 2.87. The number of thiophene rings is 1. The number of amides is 2. The van der Waals surface area contributed by atoms with E-state index in [1.165, 1.54) is 23.5 Å². The van der Waals surface area contributed by atoms with Crippen molar-refractivity contribution < 1.29 is 13.6 Å². The van der Waals surface area contributed by atoms with Crippen LogP contribution in [0.25, 0.3) is 10.4 Å². The molecule has 3 N–H and O–H groups in total. The Morgan fingerprint density at radius 3 is 2.61 bits per heavy atom. The summed E-state index contributed by atoms with van der Waals surface area (Å²) in [7, 11) is 0. The molecule has 0 spiro atoms. The monoisotopic (exact) mass is 337 g/mol. The maximum atomic E-state index is 13.4. The minimum Gasteiger partial charge on any atom is -0.351 e. The van der Waals surface area contributed by atoms with Gasteiger partial charge in [0.15, 0.2) is 0 Å². The average Bonchev–Trinajstić information content (AvgIpc) is 2.96. The Balaban J connectivity index is 1.90. The summed E-state index contributed by atoms with van der Waals surface area (Å²) in [4.78, 5) is 14.1. The number of nitrogens with zero attached hydrogens (tertiary/aromatic N) is 1. The van der Waals surface area contributed by atoms with Crippen molar-refractivity contribution in [3.63, 3.8) is 0 Å². The van der Waals surface area contributed by atoms with Crippen molar-refractivity contribution in [2.24, 2.45) is 5.73 Å². The Kier molecular flexibility index (Phi) is 4.58. The minimum absolute atomic E-state index is 0.00653. The number of halogens is 2. The van der Waals surface area contributed by atoms with Crippen LogP contribution in [-0.2, 0) is 0 Å². The largest absolute Gasteiger partial charge is 0.351 e. The molecule has 0 saturated carbocycles. The van der Waals surface area contributed by atoms with E-state index in [0.29, 0.717) is 22.7 Å². The number of benzene rings is 1. The van der Waals surface area contributed by atoms with Crippen LogP contribution in [0.4, 0.5) is 19.3 Å². The van der Waals surface area contributed by atoms with Crippen LogP contribution in [0.5, 0.6) is 0 Å². The van der Waals surface area contributed by atoms with Gasteiger partial charge < -0.3 is 11.1 Å². The second-order valence-electron chi connectivity index (χ2n) is 5.54. The van der Waals surface area contributed by atoms with E-state index in [1.807, 2.05) is 0 Å². The summed E-state index contributed by atoms with van der Waals surface area (Å²) in [5.74, 6) is -1.25. The van der Waals surface area contributed by atoms with E-state index in [2.05, 4.69) is 5.32 Å². The first kappa shape index (κ1) is 15.9. The first-order chi connectivity index (χ1) is 11.0. The Morgan fingerprint density at radius 1 is 1.26 bits per heavy atom. The molecule has 2 aromatic rings. The zero-order valence-corrected chi connectivity index (χ0v) is 13.2. The number of hydrogen-bond donors (Lipinski definition) is 2. The number of piperidine rings is 1. The zero-order valence-electron chi connectivity index (χ0n) is 12.4. The normalized spacial score (nSPS) is 17.9. The lowest BCUT2D eigenvalue weighted by Crippen LogP contribution is -2.50. The first-order valence-corrected chi connectivity index (χ1v) is 8.27. The van der Waals surface area contributed by atoms with Crippen molar-refractivity contribution in [3.8, 4) is 10.4 Å². The Labute approximate surface area is 136 Å². The van der Waals surface area contributed by atoms with E-state index in [9.17, 15) is 13.6 Å². The van der Waals surface area contributed by atoms with Crippen LogP contribution in [0, 0.1) is 11.6 Å². The number of hydrogen-bond acceptors (Lipinski definition) is 3. The predicted molar refractivity (Wildman–Crippen MR) is 87.6 cm³/mol. The molecular weight excluding hydrogens is 320 g/mol. The smallest absolute Gasteiger partial charge is 0.319 e. The molecule has 4 nitrogen and oxygen atoms in total. The first-order valence-electron chi connectivity index (χ1n) is 7.39. The maximum Gasteiger partial charge on any atom is 0.319 e. The van der Waals surface area contributed by atoms with Crippen molar-refractivity contribution in [1.29, 1.82) is 0 Å². The number of carbonyl (C=O) groups excluding carboxylic acids is 1. The van der Waals surface area contributed by atoms with Gasteiger partial charge in [0.2, 0.25) is 0 Å². The highest BCUT2D eigenvalue weighted by Gasteiger charge is 2.26. The summed E-state index contributed by atoms with van der Waals surface area (Å²) in [6, 6.07) is 4.60. The van der Waals surface area contributed by atoms with Crippen LogP contribution in [-0.4, -0.2) is 25.2 Å². The standard InChI is InChI=1S/C16H17F2N3OS/c17-11-4-10(5-12(18)6-11)15-7-14(9-23-15)21(16(19)22)13-2-1-3-20-8-13/h4-7,9,13,20H,1-3,8H2,(H2,19,22)/t13-/m1/s1. The van der Waals surface area contributed by atoms with Crippen molar-refractivity contribution in [1.82, 2.24) is 5.32 Å². The molecule has 122 valence electrons. The van der Waals surface area contributed by atoms with Crippen molar-refractivity contribution in [3.05, 3.63) is 41.3 Å². The third-order valence-electron chi connectivity index (χ3n) is 3.88. The molecule has 1 aliphatic rings. The predicted octanol–water partition coefficient (Wildman–Crippen LogP) is 3.33. The van der Waals surface area contributed by atoms with Gasteiger partial charge in [-0.3, -0.25) is 4.90 Å². The fourth-order valence-corrected chi connectivity index (χ4v) is 3.74. The summed E-state index contributed by atoms with van der Waals surface area (Å²) < 4.78 is 26.7. The van der Waals surface area contributed by atoms with Gasteiger partial charge in [0, 0.05) is 22.9 Å². The van der Waals surface area contributed by atoms with Gasteiger partial charge in [-0.25, -0.2) is 13.6 Å². The second kappa shape index (κ2) is 6.64. The van der Waals surface area contributed by atoms with Gasteiger partial charge in [-0.2, -0.15) is 0 Å². The van der Waals surface area contributed by atoms with E-state index in [1.54, 1.807) is 16.3 Å². The van der Waals surface area contributed by atoms with Crippen LogP contribution < -0.4 is 16.0 Å². The number of primary amides is 1. The molecule has 23 heavy (non-hydrogen) atoms. The Morgan fingerprint density at radius 2 is 2.00 bits per heavy atom. The lowest BCUT2D eigenvalue weighted by molar-refractivity contribution is 0.250. The number of nitrogens with two attached hydrogens (primary N) is 1. The number of urea groups is 1. The highest BCUT2D eigenvalue weighted by atomic mass is 32.1. The molecule has 1 atom stereocenters.